The summed E-state index contributed by atoms with van der Waals surface area (Å²) in [5.41, 5.74) is 5.54. The lowest BCUT2D eigenvalue weighted by atomic mass is 10.1. The molecule has 0 radical (unpaired) electrons. The summed E-state index contributed by atoms with van der Waals surface area (Å²) in [6.45, 7) is 8.19. The second-order valence-electron chi connectivity index (χ2n) is 8.29. The molecule has 1 unspecified atom stereocenters. The number of hydrogen-bond acceptors (Lipinski definition) is 6. The summed E-state index contributed by atoms with van der Waals surface area (Å²) < 4.78 is 0. The molecule has 8 heteroatoms. The van der Waals surface area contributed by atoms with E-state index in [1.165, 1.54) is 23.4 Å². The van der Waals surface area contributed by atoms with Gasteiger partial charge in [0.2, 0.25) is 11.5 Å². The smallest absolute Gasteiger partial charge is 0.251 e. The third-order valence-corrected chi connectivity index (χ3v) is 5.68. The average Bonchev–Trinajstić information content (AvgIpc) is 3.16. The van der Waals surface area contributed by atoms with E-state index in [2.05, 4.69) is 64.5 Å². The van der Waals surface area contributed by atoms with Gasteiger partial charge in [0.05, 0.1) is 5.69 Å². The molecule has 1 atom stereocenters. The fraction of sp³-hybridized carbons (Fsp3) is 0.333. The summed E-state index contributed by atoms with van der Waals surface area (Å²) in [6, 6.07) is 9.35. The predicted octanol–water partition coefficient (Wildman–Crippen LogP) is 3.05. The highest BCUT2D eigenvalue weighted by Crippen LogP contribution is 2.25. The number of nitrogens with zero attached hydrogens (tertiary/aromatic N) is 3. The molecule has 1 aromatic carbocycles. The van der Waals surface area contributed by atoms with Gasteiger partial charge < -0.3 is 15.6 Å². The average molecular weight is 433 g/mol. The van der Waals surface area contributed by atoms with Gasteiger partial charge >= 0.3 is 0 Å². The monoisotopic (exact) mass is 432 g/mol. The minimum atomic E-state index is -0.288. The highest BCUT2D eigenvalue weighted by Gasteiger charge is 2.27. The van der Waals surface area contributed by atoms with Crippen LogP contribution in [0, 0.1) is 13.8 Å². The maximum Gasteiger partial charge on any atom is 0.251 e. The number of H-pyrrole nitrogens is 1. The summed E-state index contributed by atoms with van der Waals surface area (Å²) >= 11 is 0. The maximum atomic E-state index is 12.4. The second kappa shape index (κ2) is 9.32. The number of aryl methyl sites for hydroxylation is 2. The van der Waals surface area contributed by atoms with E-state index in [-0.39, 0.29) is 17.5 Å². The number of aromatic amines is 1. The first-order chi connectivity index (χ1) is 15.4. The summed E-state index contributed by atoms with van der Waals surface area (Å²) in [5, 5.41) is 6.26. The van der Waals surface area contributed by atoms with Crippen molar-refractivity contribution in [2.24, 2.45) is 0 Å². The van der Waals surface area contributed by atoms with Crippen LogP contribution in [0.4, 0.5) is 11.6 Å². The summed E-state index contributed by atoms with van der Waals surface area (Å²) in [7, 11) is 0. The lowest BCUT2D eigenvalue weighted by Crippen LogP contribution is -2.41. The number of aromatic nitrogens is 3. The molecule has 0 aliphatic carbocycles. The van der Waals surface area contributed by atoms with E-state index in [0.29, 0.717) is 24.6 Å². The Kier molecular flexibility index (Phi) is 6.32. The van der Waals surface area contributed by atoms with E-state index in [1.807, 2.05) is 6.20 Å². The first-order valence-electron chi connectivity index (χ1n) is 10.8. The van der Waals surface area contributed by atoms with Gasteiger partial charge in [0, 0.05) is 61.0 Å². The fourth-order valence-electron chi connectivity index (χ4n) is 4.10. The van der Waals surface area contributed by atoms with E-state index in [1.54, 1.807) is 6.07 Å². The Hall–Kier alpha value is -3.52. The van der Waals surface area contributed by atoms with Crippen molar-refractivity contribution >= 4 is 17.5 Å². The topological polar surface area (TPSA) is 103 Å². The van der Waals surface area contributed by atoms with E-state index >= 15 is 0 Å². The van der Waals surface area contributed by atoms with Crippen LogP contribution in [0.3, 0.4) is 0 Å². The van der Waals surface area contributed by atoms with Crippen molar-refractivity contribution in [1.82, 2.24) is 25.2 Å². The molecular weight excluding hydrogens is 404 g/mol. The first kappa shape index (κ1) is 21.7. The third-order valence-electron chi connectivity index (χ3n) is 5.68. The molecule has 2 aromatic heterocycles. The molecule has 0 saturated carbocycles. The Labute approximate surface area is 187 Å². The molecule has 3 heterocycles. The van der Waals surface area contributed by atoms with Crippen molar-refractivity contribution in [1.29, 1.82) is 0 Å². The van der Waals surface area contributed by atoms with Gasteiger partial charge in [0.15, 0.2) is 0 Å². The lowest BCUT2D eigenvalue weighted by Gasteiger charge is -2.26. The Morgan fingerprint density at radius 2 is 1.97 bits per heavy atom. The number of carbonyl (C=O) groups is 1. The second-order valence-corrected chi connectivity index (χ2v) is 8.29. The molecule has 8 nitrogen and oxygen atoms in total. The maximum absolute atomic E-state index is 12.4. The number of benzene rings is 1. The Balaban J connectivity index is 1.39. The van der Waals surface area contributed by atoms with Crippen molar-refractivity contribution < 1.29 is 4.79 Å². The fourth-order valence-corrected chi connectivity index (χ4v) is 4.10. The number of amides is 1. The minimum absolute atomic E-state index is 0.158. The van der Waals surface area contributed by atoms with Crippen molar-refractivity contribution in [2.45, 2.75) is 46.3 Å². The molecule has 1 aliphatic rings. The standard InChI is InChI=1S/C24H28N6O2/c1-4-20(12-26-23(32)17-5-6-25-22(31)10-17)30-13-18-11-27-24(29-21(18)14-30)28-19-8-15(2)7-16(3)9-19/h5-11,20H,4,12-14H2,1-3H3,(H,25,31)(H,26,32)(H,27,28,29). The Morgan fingerprint density at radius 1 is 1.19 bits per heavy atom. The zero-order valence-electron chi connectivity index (χ0n) is 18.6. The van der Waals surface area contributed by atoms with Gasteiger partial charge in [-0.05, 0) is 49.6 Å². The predicted molar refractivity (Wildman–Crippen MR) is 124 cm³/mol. The minimum Gasteiger partial charge on any atom is -0.350 e. The number of carbonyl (C=O) groups excluding carboxylic acids is 1. The van der Waals surface area contributed by atoms with Crippen molar-refractivity contribution in [3.63, 3.8) is 0 Å². The number of fused-ring (bicyclic) bond motifs is 1. The molecular formula is C24H28N6O2. The zero-order valence-corrected chi connectivity index (χ0v) is 18.6. The van der Waals surface area contributed by atoms with Gasteiger partial charge in [-0.3, -0.25) is 14.5 Å². The lowest BCUT2D eigenvalue weighted by molar-refractivity contribution is 0.0930. The zero-order chi connectivity index (χ0) is 22.7. The molecule has 0 spiro atoms. The molecule has 3 N–H and O–H groups in total. The van der Waals surface area contributed by atoms with Crippen LogP contribution in [-0.2, 0) is 13.1 Å². The van der Waals surface area contributed by atoms with E-state index in [9.17, 15) is 9.59 Å². The normalized spacial score (nSPS) is 14.1. The van der Waals surface area contributed by atoms with Crippen LogP contribution in [-0.4, -0.2) is 38.3 Å². The molecule has 0 bridgehead atoms. The van der Waals surface area contributed by atoms with E-state index in [4.69, 9.17) is 4.98 Å². The third kappa shape index (κ3) is 5.03. The number of nitrogens with one attached hydrogen (secondary N) is 3. The Morgan fingerprint density at radius 3 is 2.69 bits per heavy atom. The summed E-state index contributed by atoms with van der Waals surface area (Å²) in [4.78, 5) is 37.9. The van der Waals surface area contributed by atoms with Crippen LogP contribution in [0.15, 0.2) is 47.5 Å². The molecule has 0 saturated heterocycles. The van der Waals surface area contributed by atoms with Crippen LogP contribution in [0.25, 0.3) is 0 Å². The molecule has 32 heavy (non-hydrogen) atoms. The number of hydrogen-bond donors (Lipinski definition) is 3. The van der Waals surface area contributed by atoms with Gasteiger partial charge in [-0.1, -0.05) is 13.0 Å². The van der Waals surface area contributed by atoms with Gasteiger partial charge in [-0.2, -0.15) is 0 Å². The number of rotatable bonds is 7. The van der Waals surface area contributed by atoms with Crippen molar-refractivity contribution in [3.8, 4) is 0 Å². The molecule has 1 aliphatic heterocycles. The molecule has 1 amide bonds. The van der Waals surface area contributed by atoms with Gasteiger partial charge in [-0.15, -0.1) is 0 Å². The van der Waals surface area contributed by atoms with Gasteiger partial charge in [0.25, 0.3) is 5.91 Å². The molecule has 0 fully saturated rings. The van der Waals surface area contributed by atoms with Crippen molar-refractivity contribution in [3.05, 3.63) is 81.0 Å². The summed E-state index contributed by atoms with van der Waals surface area (Å²) in [5.74, 6) is 0.345. The SMILES string of the molecule is CCC(CNC(=O)c1cc[nH]c(=O)c1)N1Cc2cnc(Nc3cc(C)cc(C)c3)nc2C1. The first-order valence-corrected chi connectivity index (χ1v) is 10.8. The van der Waals surface area contributed by atoms with Crippen LogP contribution >= 0.6 is 0 Å². The molecule has 166 valence electrons. The van der Waals surface area contributed by atoms with Crippen LogP contribution in [0.5, 0.6) is 0 Å². The number of pyridine rings is 1. The molecule has 3 aromatic rings. The summed E-state index contributed by atoms with van der Waals surface area (Å²) in [6.07, 6.45) is 4.24. The largest absolute Gasteiger partial charge is 0.350 e. The molecule has 4 rings (SSSR count). The van der Waals surface area contributed by atoms with Crippen LogP contribution < -0.4 is 16.2 Å². The van der Waals surface area contributed by atoms with E-state index < -0.39 is 0 Å². The van der Waals surface area contributed by atoms with Crippen LogP contribution in [0.2, 0.25) is 0 Å². The quantitative estimate of drug-likeness (QED) is 0.530. The Bertz CT molecular complexity index is 1170. The van der Waals surface area contributed by atoms with Crippen LogP contribution in [0.1, 0.15) is 46.1 Å². The highest BCUT2D eigenvalue weighted by molar-refractivity contribution is 5.93. The van der Waals surface area contributed by atoms with Gasteiger partial charge in [-0.25, -0.2) is 9.97 Å². The van der Waals surface area contributed by atoms with Gasteiger partial charge in [0.1, 0.15) is 0 Å². The van der Waals surface area contributed by atoms with E-state index in [0.717, 1.165) is 29.9 Å². The number of anilines is 2. The van der Waals surface area contributed by atoms with Crippen molar-refractivity contribution in [2.75, 3.05) is 11.9 Å². The highest BCUT2D eigenvalue weighted by atomic mass is 16.2.